The van der Waals surface area contributed by atoms with Crippen molar-refractivity contribution in [3.8, 4) is 0 Å². The summed E-state index contributed by atoms with van der Waals surface area (Å²) < 4.78 is 5.35. The fraction of sp³-hybridized carbons (Fsp3) is 0.200. The summed E-state index contributed by atoms with van der Waals surface area (Å²) in [5.41, 5.74) is 3.95. The zero-order chi connectivity index (χ0) is 18.1. The third kappa shape index (κ3) is 3.44. The molecule has 0 amide bonds. The molecular weight excluding hydrogens is 338 g/mol. The van der Waals surface area contributed by atoms with Gasteiger partial charge in [-0.2, -0.15) is 0 Å². The third-order valence-corrected chi connectivity index (χ3v) is 4.54. The highest BCUT2D eigenvalue weighted by Gasteiger charge is 2.21. The molecule has 3 rings (SSSR count). The molecule has 0 spiro atoms. The second kappa shape index (κ2) is 6.73. The van der Waals surface area contributed by atoms with Gasteiger partial charge in [0.1, 0.15) is 0 Å². The molecule has 1 unspecified atom stereocenters. The van der Waals surface area contributed by atoms with Crippen LogP contribution in [-0.2, 0) is 4.74 Å². The Labute approximate surface area is 150 Å². The van der Waals surface area contributed by atoms with E-state index in [2.05, 4.69) is 4.98 Å². The highest BCUT2D eigenvalue weighted by molar-refractivity contribution is 6.31. The molecule has 1 N–H and O–H groups in total. The van der Waals surface area contributed by atoms with Crippen molar-refractivity contribution in [3.05, 3.63) is 69.9 Å². The van der Waals surface area contributed by atoms with Crippen molar-refractivity contribution >= 4 is 34.3 Å². The van der Waals surface area contributed by atoms with E-state index in [9.17, 15) is 9.59 Å². The van der Waals surface area contributed by atoms with Crippen LogP contribution in [0.5, 0.6) is 0 Å². The summed E-state index contributed by atoms with van der Waals surface area (Å²) in [7, 11) is 0. The number of fused-ring (bicyclic) bond motifs is 1. The van der Waals surface area contributed by atoms with Gasteiger partial charge in [0.25, 0.3) is 0 Å². The lowest BCUT2D eigenvalue weighted by molar-refractivity contribution is 0.0319. The largest absolute Gasteiger partial charge is 0.451 e. The predicted molar refractivity (Wildman–Crippen MR) is 98.4 cm³/mol. The molecule has 1 heterocycles. The van der Waals surface area contributed by atoms with Gasteiger partial charge in [0.15, 0.2) is 6.10 Å². The molecule has 0 aliphatic rings. The molecule has 5 heteroatoms. The summed E-state index contributed by atoms with van der Waals surface area (Å²) in [5, 5.41) is 1.44. The van der Waals surface area contributed by atoms with Gasteiger partial charge in [-0.25, -0.2) is 4.79 Å². The van der Waals surface area contributed by atoms with E-state index in [0.29, 0.717) is 16.1 Å². The zero-order valence-electron chi connectivity index (χ0n) is 14.2. The van der Waals surface area contributed by atoms with Crippen molar-refractivity contribution in [2.24, 2.45) is 0 Å². The quantitative estimate of drug-likeness (QED) is 0.536. The average Bonchev–Trinajstić information content (AvgIpc) is 2.88. The molecule has 1 atom stereocenters. The van der Waals surface area contributed by atoms with Crippen molar-refractivity contribution < 1.29 is 14.3 Å². The third-order valence-electron chi connectivity index (χ3n) is 4.31. The van der Waals surface area contributed by atoms with Crippen LogP contribution < -0.4 is 0 Å². The van der Waals surface area contributed by atoms with Crippen molar-refractivity contribution in [1.82, 2.24) is 4.98 Å². The Morgan fingerprint density at radius 2 is 1.84 bits per heavy atom. The summed E-state index contributed by atoms with van der Waals surface area (Å²) in [6.07, 6.45) is -0.893. The first-order valence-electron chi connectivity index (χ1n) is 7.96. The summed E-state index contributed by atoms with van der Waals surface area (Å²) in [6, 6.07) is 11.9. The predicted octanol–water partition coefficient (Wildman–Crippen LogP) is 4.87. The molecule has 0 saturated carbocycles. The molecule has 25 heavy (non-hydrogen) atoms. The first-order valence-corrected chi connectivity index (χ1v) is 8.34. The molecule has 0 bridgehead atoms. The highest BCUT2D eigenvalue weighted by Crippen LogP contribution is 2.23. The number of halogens is 1. The van der Waals surface area contributed by atoms with Crippen LogP contribution in [0, 0.1) is 13.8 Å². The molecule has 0 aliphatic carbocycles. The van der Waals surface area contributed by atoms with Gasteiger partial charge in [0.05, 0.1) is 5.56 Å². The summed E-state index contributed by atoms with van der Waals surface area (Å²) in [5.74, 6) is -0.811. The van der Waals surface area contributed by atoms with Crippen LogP contribution in [0.25, 0.3) is 10.9 Å². The van der Waals surface area contributed by atoms with Gasteiger partial charge in [0, 0.05) is 27.2 Å². The lowest BCUT2D eigenvalue weighted by atomic mass is 10.1. The molecular formula is C20H18ClNO3. The number of esters is 1. The Morgan fingerprint density at radius 3 is 2.56 bits per heavy atom. The number of carbonyl (C=O) groups is 2. The number of ether oxygens (including phenoxy) is 1. The molecule has 0 aliphatic heterocycles. The van der Waals surface area contributed by atoms with Crippen molar-refractivity contribution in [1.29, 1.82) is 0 Å². The van der Waals surface area contributed by atoms with Crippen LogP contribution in [0.1, 0.15) is 38.9 Å². The number of carbonyl (C=O) groups excluding carboxylic acids is 2. The average molecular weight is 356 g/mol. The minimum atomic E-state index is -0.893. The van der Waals surface area contributed by atoms with Crippen LogP contribution in [0.15, 0.2) is 42.5 Å². The maximum atomic E-state index is 12.4. The second-order valence-corrected chi connectivity index (χ2v) is 6.49. The Balaban J connectivity index is 1.79. The minimum Gasteiger partial charge on any atom is -0.451 e. The summed E-state index contributed by atoms with van der Waals surface area (Å²) in [4.78, 5) is 28.1. The highest BCUT2D eigenvalue weighted by atomic mass is 35.5. The number of Topliss-reactive ketones (excluding diaryl/α,β-unsaturated/α-hetero) is 1. The van der Waals surface area contributed by atoms with E-state index in [1.54, 1.807) is 43.3 Å². The normalized spacial score (nSPS) is 12.2. The molecule has 0 fully saturated rings. The van der Waals surface area contributed by atoms with Crippen LogP contribution >= 0.6 is 11.6 Å². The lowest BCUT2D eigenvalue weighted by Crippen LogP contribution is -2.24. The number of aromatic amines is 1. The molecule has 4 nitrogen and oxygen atoms in total. The van der Waals surface area contributed by atoms with E-state index < -0.39 is 12.1 Å². The number of benzene rings is 2. The lowest BCUT2D eigenvalue weighted by Gasteiger charge is -2.12. The first kappa shape index (κ1) is 17.2. The van der Waals surface area contributed by atoms with Crippen molar-refractivity contribution in [2.45, 2.75) is 26.9 Å². The number of aromatic nitrogens is 1. The Morgan fingerprint density at radius 1 is 1.08 bits per heavy atom. The van der Waals surface area contributed by atoms with Crippen LogP contribution in [0.2, 0.25) is 5.02 Å². The molecule has 0 radical (unpaired) electrons. The van der Waals surface area contributed by atoms with Gasteiger partial charge in [-0.1, -0.05) is 23.7 Å². The monoisotopic (exact) mass is 355 g/mol. The van der Waals surface area contributed by atoms with E-state index >= 15 is 0 Å². The first-order chi connectivity index (χ1) is 11.9. The van der Waals surface area contributed by atoms with Gasteiger partial charge in [-0.05, 0) is 56.7 Å². The topological polar surface area (TPSA) is 59.2 Å². The number of ketones is 1. The van der Waals surface area contributed by atoms with Gasteiger partial charge in [-0.3, -0.25) is 4.79 Å². The van der Waals surface area contributed by atoms with Gasteiger partial charge < -0.3 is 9.72 Å². The van der Waals surface area contributed by atoms with Crippen molar-refractivity contribution in [2.75, 3.05) is 0 Å². The van der Waals surface area contributed by atoms with E-state index in [1.165, 1.54) is 0 Å². The van der Waals surface area contributed by atoms with Gasteiger partial charge >= 0.3 is 5.97 Å². The zero-order valence-corrected chi connectivity index (χ0v) is 15.0. The van der Waals surface area contributed by atoms with Crippen LogP contribution in [-0.4, -0.2) is 22.8 Å². The van der Waals surface area contributed by atoms with Crippen molar-refractivity contribution in [3.63, 3.8) is 0 Å². The van der Waals surface area contributed by atoms with Gasteiger partial charge in [0.2, 0.25) is 5.78 Å². The summed E-state index contributed by atoms with van der Waals surface area (Å²) >= 11 is 5.90. The number of nitrogens with one attached hydrogen (secondary N) is 1. The molecule has 2 aromatic carbocycles. The van der Waals surface area contributed by atoms with E-state index in [-0.39, 0.29) is 5.78 Å². The smallest absolute Gasteiger partial charge is 0.338 e. The number of hydrogen-bond acceptors (Lipinski definition) is 3. The number of hydrogen-bond donors (Lipinski definition) is 1. The molecule has 3 aromatic rings. The SMILES string of the molecule is Cc1[nH]c2ccc(C(=O)OC(C)C(=O)c3cccc(Cl)c3)cc2c1C. The summed E-state index contributed by atoms with van der Waals surface area (Å²) in [6.45, 7) is 5.54. The van der Waals surface area contributed by atoms with Crippen LogP contribution in [0.3, 0.4) is 0 Å². The Kier molecular flexibility index (Phi) is 4.64. The number of H-pyrrole nitrogens is 1. The number of rotatable bonds is 4. The van der Waals surface area contributed by atoms with E-state index in [1.807, 2.05) is 19.9 Å². The number of aryl methyl sites for hydroxylation is 2. The standard InChI is InChI=1S/C20H18ClNO3/c1-11-12(2)22-18-8-7-15(10-17(11)18)20(24)25-13(3)19(23)14-5-4-6-16(21)9-14/h4-10,13,22H,1-3H3. The molecule has 128 valence electrons. The fourth-order valence-corrected chi connectivity index (χ4v) is 2.94. The second-order valence-electron chi connectivity index (χ2n) is 6.06. The van der Waals surface area contributed by atoms with E-state index in [4.69, 9.17) is 16.3 Å². The Hall–Kier alpha value is -2.59. The van der Waals surface area contributed by atoms with E-state index in [0.717, 1.165) is 22.2 Å². The fourth-order valence-electron chi connectivity index (χ4n) is 2.75. The maximum Gasteiger partial charge on any atom is 0.338 e. The minimum absolute atomic E-state index is 0.286. The Bertz CT molecular complexity index is 974. The molecule has 1 aromatic heterocycles. The van der Waals surface area contributed by atoms with Gasteiger partial charge in [-0.15, -0.1) is 0 Å². The van der Waals surface area contributed by atoms with Crippen LogP contribution in [0.4, 0.5) is 0 Å². The maximum absolute atomic E-state index is 12.4. The molecule has 0 saturated heterocycles.